The zero-order valence-corrected chi connectivity index (χ0v) is 10.7. The molecular formula is C11H14ClNO2S. The van der Waals surface area contributed by atoms with E-state index in [1.54, 1.807) is 6.07 Å². The van der Waals surface area contributed by atoms with Gasteiger partial charge in [-0.25, -0.2) is 8.42 Å². The van der Waals surface area contributed by atoms with Crippen molar-refractivity contribution in [1.82, 2.24) is 0 Å². The Balaban J connectivity index is 2.39. The van der Waals surface area contributed by atoms with Gasteiger partial charge in [-0.2, -0.15) is 0 Å². The van der Waals surface area contributed by atoms with Crippen molar-refractivity contribution in [2.24, 2.45) is 0 Å². The van der Waals surface area contributed by atoms with Gasteiger partial charge in [-0.15, -0.1) is 0 Å². The van der Waals surface area contributed by atoms with E-state index in [1.807, 2.05) is 19.1 Å². The van der Waals surface area contributed by atoms with E-state index in [2.05, 4.69) is 0 Å². The summed E-state index contributed by atoms with van der Waals surface area (Å²) >= 11 is 6.00. The zero-order chi connectivity index (χ0) is 11.8. The molecule has 0 aliphatic carbocycles. The van der Waals surface area contributed by atoms with Crippen molar-refractivity contribution in [3.63, 3.8) is 0 Å². The van der Waals surface area contributed by atoms with Crippen LogP contribution in [-0.4, -0.2) is 20.7 Å². The molecule has 0 atom stereocenters. The van der Waals surface area contributed by atoms with E-state index in [0.717, 1.165) is 18.4 Å². The predicted molar refractivity (Wildman–Crippen MR) is 66.6 cm³/mol. The first-order chi connectivity index (χ1) is 7.50. The summed E-state index contributed by atoms with van der Waals surface area (Å²) in [5.74, 6) is 0.235. The third-order valence-electron chi connectivity index (χ3n) is 2.79. The first-order valence-electron chi connectivity index (χ1n) is 5.27. The Morgan fingerprint density at radius 2 is 2.06 bits per heavy atom. The van der Waals surface area contributed by atoms with Crippen LogP contribution in [0, 0.1) is 6.92 Å². The summed E-state index contributed by atoms with van der Waals surface area (Å²) in [4.78, 5) is 0. The first kappa shape index (κ1) is 11.7. The fraction of sp³-hybridized carbons (Fsp3) is 0.455. The normalized spacial score (nSPS) is 19.8. The average Bonchev–Trinajstić information content (AvgIpc) is 2.22. The van der Waals surface area contributed by atoms with Gasteiger partial charge < -0.3 is 0 Å². The van der Waals surface area contributed by atoms with Crippen LogP contribution in [0.2, 0.25) is 5.02 Å². The van der Waals surface area contributed by atoms with Crippen LogP contribution in [0.5, 0.6) is 0 Å². The predicted octanol–water partition coefficient (Wildman–Crippen LogP) is 2.58. The minimum atomic E-state index is -3.13. The average molecular weight is 260 g/mol. The third-order valence-corrected chi connectivity index (χ3v) is 5.07. The lowest BCUT2D eigenvalue weighted by atomic mass is 10.2. The van der Waals surface area contributed by atoms with Gasteiger partial charge in [0.15, 0.2) is 0 Å². The molecule has 1 fully saturated rings. The van der Waals surface area contributed by atoms with Gasteiger partial charge in [0.05, 0.1) is 11.4 Å². The number of nitrogens with zero attached hydrogens (tertiary/aromatic N) is 1. The highest BCUT2D eigenvalue weighted by Crippen LogP contribution is 2.27. The molecule has 2 rings (SSSR count). The summed E-state index contributed by atoms with van der Waals surface area (Å²) < 4.78 is 25.2. The highest BCUT2D eigenvalue weighted by atomic mass is 35.5. The molecule has 88 valence electrons. The van der Waals surface area contributed by atoms with E-state index in [-0.39, 0.29) is 5.75 Å². The summed E-state index contributed by atoms with van der Waals surface area (Å²) in [5.41, 5.74) is 1.63. The molecule has 1 heterocycles. The van der Waals surface area contributed by atoms with Crippen molar-refractivity contribution in [3.05, 3.63) is 28.8 Å². The van der Waals surface area contributed by atoms with Crippen LogP contribution in [0.4, 0.5) is 5.69 Å². The highest BCUT2D eigenvalue weighted by Gasteiger charge is 2.26. The number of hydrogen-bond acceptors (Lipinski definition) is 2. The largest absolute Gasteiger partial charge is 0.270 e. The van der Waals surface area contributed by atoms with E-state index in [0.29, 0.717) is 17.3 Å². The van der Waals surface area contributed by atoms with E-state index in [9.17, 15) is 8.42 Å². The molecule has 0 saturated carbocycles. The minimum absolute atomic E-state index is 0.235. The maximum Gasteiger partial charge on any atom is 0.235 e. The molecule has 1 aromatic carbocycles. The molecule has 0 unspecified atom stereocenters. The van der Waals surface area contributed by atoms with Crippen LogP contribution >= 0.6 is 11.6 Å². The Morgan fingerprint density at radius 3 is 2.69 bits per heavy atom. The number of halogens is 1. The second-order valence-electron chi connectivity index (χ2n) is 4.03. The van der Waals surface area contributed by atoms with Crippen LogP contribution in [0.3, 0.4) is 0 Å². The SMILES string of the molecule is Cc1ccc(N2CCCCS2(=O)=O)cc1Cl. The standard InChI is InChI=1S/C11H14ClNO2S/c1-9-4-5-10(8-11(9)12)13-6-2-3-7-16(13,14)15/h4-5,8H,2-3,6-7H2,1H3. The molecule has 5 heteroatoms. The first-order valence-corrected chi connectivity index (χ1v) is 7.26. The molecule has 1 saturated heterocycles. The molecule has 0 amide bonds. The Hall–Kier alpha value is -0.740. The minimum Gasteiger partial charge on any atom is -0.270 e. The van der Waals surface area contributed by atoms with Crippen molar-refractivity contribution < 1.29 is 8.42 Å². The van der Waals surface area contributed by atoms with E-state index in [1.165, 1.54) is 4.31 Å². The van der Waals surface area contributed by atoms with Crippen LogP contribution in [0.1, 0.15) is 18.4 Å². The number of hydrogen-bond donors (Lipinski definition) is 0. The number of anilines is 1. The highest BCUT2D eigenvalue weighted by molar-refractivity contribution is 7.92. The summed E-state index contributed by atoms with van der Waals surface area (Å²) in [7, 11) is -3.13. The van der Waals surface area contributed by atoms with Gasteiger partial charge in [0.25, 0.3) is 0 Å². The summed E-state index contributed by atoms with van der Waals surface area (Å²) in [6.07, 6.45) is 1.66. The number of sulfonamides is 1. The molecule has 0 aromatic heterocycles. The molecule has 1 aliphatic rings. The Labute approximate surface area is 101 Å². The topological polar surface area (TPSA) is 37.4 Å². The van der Waals surface area contributed by atoms with Crippen molar-refractivity contribution in [2.75, 3.05) is 16.6 Å². The van der Waals surface area contributed by atoms with Crippen molar-refractivity contribution in [2.45, 2.75) is 19.8 Å². The fourth-order valence-electron chi connectivity index (χ4n) is 1.82. The fourth-order valence-corrected chi connectivity index (χ4v) is 3.62. The van der Waals surface area contributed by atoms with Gasteiger partial charge >= 0.3 is 0 Å². The van der Waals surface area contributed by atoms with Crippen molar-refractivity contribution >= 4 is 27.3 Å². The smallest absolute Gasteiger partial charge is 0.235 e. The van der Waals surface area contributed by atoms with Crippen molar-refractivity contribution in [1.29, 1.82) is 0 Å². The van der Waals surface area contributed by atoms with Gasteiger partial charge in [-0.1, -0.05) is 17.7 Å². The van der Waals surface area contributed by atoms with Gasteiger partial charge in [0, 0.05) is 11.6 Å². The van der Waals surface area contributed by atoms with E-state index < -0.39 is 10.0 Å². The Morgan fingerprint density at radius 1 is 1.31 bits per heavy atom. The monoisotopic (exact) mass is 259 g/mol. The van der Waals surface area contributed by atoms with Crippen LogP contribution in [-0.2, 0) is 10.0 Å². The molecule has 1 aliphatic heterocycles. The summed E-state index contributed by atoms with van der Waals surface area (Å²) in [5, 5.41) is 0.610. The molecule has 1 aromatic rings. The molecule has 3 nitrogen and oxygen atoms in total. The van der Waals surface area contributed by atoms with Gasteiger partial charge in [0.2, 0.25) is 10.0 Å². The second-order valence-corrected chi connectivity index (χ2v) is 6.45. The van der Waals surface area contributed by atoms with Gasteiger partial charge in [-0.3, -0.25) is 4.31 Å². The Bertz CT molecular complexity index is 499. The number of benzene rings is 1. The molecule has 0 N–H and O–H groups in total. The van der Waals surface area contributed by atoms with Crippen LogP contribution < -0.4 is 4.31 Å². The molecule has 0 spiro atoms. The molecular weight excluding hydrogens is 246 g/mol. The maximum atomic E-state index is 11.9. The van der Waals surface area contributed by atoms with Gasteiger partial charge in [0.1, 0.15) is 0 Å². The number of aryl methyl sites for hydroxylation is 1. The number of rotatable bonds is 1. The van der Waals surface area contributed by atoms with Crippen LogP contribution in [0.15, 0.2) is 18.2 Å². The maximum absolute atomic E-state index is 11.9. The lowest BCUT2D eigenvalue weighted by molar-refractivity contribution is 0.574. The van der Waals surface area contributed by atoms with E-state index in [4.69, 9.17) is 11.6 Å². The third kappa shape index (κ3) is 2.18. The second kappa shape index (κ2) is 4.26. The molecule has 0 radical (unpaired) electrons. The zero-order valence-electron chi connectivity index (χ0n) is 9.11. The lowest BCUT2D eigenvalue weighted by Crippen LogP contribution is -2.37. The van der Waals surface area contributed by atoms with Crippen LogP contribution in [0.25, 0.3) is 0 Å². The molecule has 16 heavy (non-hydrogen) atoms. The summed E-state index contributed by atoms with van der Waals surface area (Å²) in [6.45, 7) is 2.46. The molecule has 0 bridgehead atoms. The quantitative estimate of drug-likeness (QED) is 0.777. The van der Waals surface area contributed by atoms with Crippen molar-refractivity contribution in [3.8, 4) is 0 Å². The lowest BCUT2D eigenvalue weighted by Gasteiger charge is -2.28. The van der Waals surface area contributed by atoms with Gasteiger partial charge in [-0.05, 0) is 37.5 Å². The Kier molecular flexibility index (Phi) is 3.13. The van der Waals surface area contributed by atoms with E-state index >= 15 is 0 Å². The summed E-state index contributed by atoms with van der Waals surface area (Å²) in [6, 6.07) is 5.38.